The zero-order valence-corrected chi connectivity index (χ0v) is 9.91. The lowest BCUT2D eigenvalue weighted by Crippen LogP contribution is -2.38. The summed E-state index contributed by atoms with van der Waals surface area (Å²) in [5, 5.41) is 6.81. The largest absolute Gasteiger partial charge is 0.361 e. The maximum atomic E-state index is 11.7. The summed E-state index contributed by atoms with van der Waals surface area (Å²) in [6.07, 6.45) is 2.20. The van der Waals surface area contributed by atoms with Crippen molar-refractivity contribution in [2.24, 2.45) is 0 Å². The normalized spacial score (nSPS) is 14.9. The van der Waals surface area contributed by atoms with Crippen molar-refractivity contribution in [2.45, 2.75) is 39.3 Å². The molecule has 0 unspecified atom stereocenters. The number of aryl methyl sites for hydroxylation is 2. The minimum absolute atomic E-state index is 0.0255. The first kappa shape index (κ1) is 11.0. The molecule has 0 aliphatic heterocycles. The maximum Gasteiger partial charge on any atom is 0.317 e. The summed E-state index contributed by atoms with van der Waals surface area (Å²) in [5.41, 5.74) is 1.84. The van der Waals surface area contributed by atoms with Gasteiger partial charge in [-0.2, -0.15) is 0 Å². The summed E-state index contributed by atoms with van der Waals surface area (Å²) in [6.45, 7) is 4.29. The van der Waals surface area contributed by atoms with Crippen molar-refractivity contribution < 1.29 is 9.32 Å². The van der Waals surface area contributed by atoms with Crippen LogP contribution in [0.1, 0.15) is 29.9 Å². The molecule has 1 saturated carbocycles. The molecule has 1 aliphatic carbocycles. The number of hydrogen-bond donors (Lipinski definition) is 1. The Bertz CT molecular complexity index is 376. The van der Waals surface area contributed by atoms with E-state index in [1.807, 2.05) is 13.8 Å². The van der Waals surface area contributed by atoms with E-state index in [1.165, 1.54) is 0 Å². The molecule has 1 heterocycles. The average molecular weight is 223 g/mol. The topological polar surface area (TPSA) is 58.4 Å². The number of hydrogen-bond acceptors (Lipinski definition) is 3. The van der Waals surface area contributed by atoms with Crippen LogP contribution >= 0.6 is 0 Å². The van der Waals surface area contributed by atoms with Crippen molar-refractivity contribution in [1.29, 1.82) is 0 Å². The molecular formula is C11H17N3O2. The first-order valence-electron chi connectivity index (χ1n) is 5.51. The van der Waals surface area contributed by atoms with Crippen LogP contribution in [-0.4, -0.2) is 29.2 Å². The van der Waals surface area contributed by atoms with E-state index in [0.29, 0.717) is 12.6 Å². The molecule has 0 bridgehead atoms. The summed E-state index contributed by atoms with van der Waals surface area (Å²) in [4.78, 5) is 13.4. The molecule has 16 heavy (non-hydrogen) atoms. The molecule has 0 atom stereocenters. The van der Waals surface area contributed by atoms with Crippen molar-refractivity contribution in [3.8, 4) is 0 Å². The fraction of sp³-hybridized carbons (Fsp3) is 0.636. The van der Waals surface area contributed by atoms with Gasteiger partial charge in [-0.25, -0.2) is 4.79 Å². The van der Waals surface area contributed by atoms with Crippen molar-refractivity contribution in [3.05, 3.63) is 17.0 Å². The van der Waals surface area contributed by atoms with Crippen LogP contribution in [-0.2, 0) is 6.54 Å². The number of nitrogens with zero attached hydrogens (tertiary/aromatic N) is 2. The molecule has 5 nitrogen and oxygen atoms in total. The highest BCUT2D eigenvalue weighted by molar-refractivity contribution is 5.74. The Kier molecular flexibility index (Phi) is 2.85. The van der Waals surface area contributed by atoms with E-state index in [9.17, 15) is 4.79 Å². The molecule has 0 radical (unpaired) electrons. The third-order valence-electron chi connectivity index (χ3n) is 2.83. The SMILES string of the molecule is Cc1noc(C)c1CN(C)C(=O)NC1CC1. The Morgan fingerprint density at radius 2 is 2.25 bits per heavy atom. The molecule has 0 aromatic carbocycles. The van der Waals surface area contributed by atoms with E-state index in [0.717, 1.165) is 29.9 Å². The molecule has 1 aliphatic rings. The minimum Gasteiger partial charge on any atom is -0.361 e. The number of amides is 2. The summed E-state index contributed by atoms with van der Waals surface area (Å²) in [7, 11) is 1.78. The molecule has 0 saturated heterocycles. The van der Waals surface area contributed by atoms with Crippen LogP contribution < -0.4 is 5.32 Å². The number of rotatable bonds is 3. The fourth-order valence-electron chi connectivity index (χ4n) is 1.55. The summed E-state index contributed by atoms with van der Waals surface area (Å²) < 4.78 is 5.06. The van der Waals surface area contributed by atoms with Gasteiger partial charge in [-0.3, -0.25) is 0 Å². The summed E-state index contributed by atoms with van der Waals surface area (Å²) in [5.74, 6) is 0.781. The predicted molar refractivity (Wildman–Crippen MR) is 59.0 cm³/mol. The van der Waals surface area contributed by atoms with Crippen molar-refractivity contribution in [1.82, 2.24) is 15.4 Å². The lowest BCUT2D eigenvalue weighted by Gasteiger charge is -2.17. The first-order chi connectivity index (χ1) is 7.58. The van der Waals surface area contributed by atoms with Crippen molar-refractivity contribution in [2.75, 3.05) is 7.05 Å². The number of nitrogens with one attached hydrogen (secondary N) is 1. The van der Waals surface area contributed by atoms with Crippen LogP contribution in [0.5, 0.6) is 0 Å². The highest BCUT2D eigenvalue weighted by Crippen LogP contribution is 2.19. The van der Waals surface area contributed by atoms with E-state index in [-0.39, 0.29) is 6.03 Å². The molecule has 5 heteroatoms. The van der Waals surface area contributed by atoms with Gasteiger partial charge < -0.3 is 14.7 Å². The fourth-order valence-corrected chi connectivity index (χ4v) is 1.55. The van der Waals surface area contributed by atoms with E-state index >= 15 is 0 Å². The molecule has 2 amide bonds. The van der Waals surface area contributed by atoms with Crippen LogP contribution in [0.4, 0.5) is 4.79 Å². The number of aromatic nitrogens is 1. The van der Waals surface area contributed by atoms with Crippen LogP contribution in [0, 0.1) is 13.8 Å². The van der Waals surface area contributed by atoms with Gasteiger partial charge in [-0.1, -0.05) is 5.16 Å². The average Bonchev–Trinajstić information content (AvgIpc) is 3.00. The lowest BCUT2D eigenvalue weighted by molar-refractivity contribution is 0.206. The Morgan fingerprint density at radius 3 is 2.75 bits per heavy atom. The molecular weight excluding hydrogens is 206 g/mol. The molecule has 1 aromatic heterocycles. The van der Waals surface area contributed by atoms with E-state index in [1.54, 1.807) is 11.9 Å². The van der Waals surface area contributed by atoms with Crippen molar-refractivity contribution in [3.63, 3.8) is 0 Å². The lowest BCUT2D eigenvalue weighted by atomic mass is 10.2. The predicted octanol–water partition coefficient (Wildman–Crippen LogP) is 1.60. The Morgan fingerprint density at radius 1 is 1.56 bits per heavy atom. The molecule has 0 spiro atoms. The first-order valence-corrected chi connectivity index (χ1v) is 5.51. The van der Waals surface area contributed by atoms with Crippen LogP contribution in [0.15, 0.2) is 4.52 Å². The second kappa shape index (κ2) is 4.15. The van der Waals surface area contributed by atoms with Gasteiger partial charge in [0.05, 0.1) is 12.2 Å². The minimum atomic E-state index is -0.0255. The number of carbonyl (C=O) groups is 1. The van der Waals surface area contributed by atoms with Gasteiger partial charge in [0.1, 0.15) is 5.76 Å². The Balaban J connectivity index is 1.95. The molecule has 2 rings (SSSR count). The quantitative estimate of drug-likeness (QED) is 0.846. The van der Waals surface area contributed by atoms with Gasteiger partial charge >= 0.3 is 6.03 Å². The summed E-state index contributed by atoms with van der Waals surface area (Å²) in [6, 6.07) is 0.363. The Labute approximate surface area is 94.8 Å². The highest BCUT2D eigenvalue weighted by atomic mass is 16.5. The standard InChI is InChI=1S/C11H17N3O2/c1-7-10(8(2)16-13-7)6-14(3)11(15)12-9-4-5-9/h9H,4-6H2,1-3H3,(H,12,15). The third-order valence-corrected chi connectivity index (χ3v) is 2.83. The van der Waals surface area contributed by atoms with Crippen LogP contribution in [0.25, 0.3) is 0 Å². The molecule has 1 aromatic rings. The monoisotopic (exact) mass is 223 g/mol. The number of urea groups is 1. The zero-order chi connectivity index (χ0) is 11.7. The highest BCUT2D eigenvalue weighted by Gasteiger charge is 2.25. The second-order valence-corrected chi connectivity index (χ2v) is 4.38. The van der Waals surface area contributed by atoms with Crippen LogP contribution in [0.2, 0.25) is 0 Å². The van der Waals surface area contributed by atoms with Gasteiger partial charge in [0.15, 0.2) is 0 Å². The van der Waals surface area contributed by atoms with Gasteiger partial charge in [-0.15, -0.1) is 0 Å². The molecule has 1 N–H and O–H groups in total. The Hall–Kier alpha value is -1.52. The second-order valence-electron chi connectivity index (χ2n) is 4.38. The van der Waals surface area contributed by atoms with Gasteiger partial charge in [-0.05, 0) is 26.7 Å². The van der Waals surface area contributed by atoms with Crippen molar-refractivity contribution >= 4 is 6.03 Å². The molecule has 88 valence electrons. The third kappa shape index (κ3) is 2.35. The number of carbonyl (C=O) groups excluding carboxylic acids is 1. The van der Waals surface area contributed by atoms with E-state index in [4.69, 9.17) is 4.52 Å². The maximum absolute atomic E-state index is 11.7. The summed E-state index contributed by atoms with van der Waals surface area (Å²) >= 11 is 0. The smallest absolute Gasteiger partial charge is 0.317 e. The zero-order valence-electron chi connectivity index (χ0n) is 9.91. The van der Waals surface area contributed by atoms with Crippen LogP contribution in [0.3, 0.4) is 0 Å². The van der Waals surface area contributed by atoms with E-state index in [2.05, 4.69) is 10.5 Å². The molecule has 1 fully saturated rings. The van der Waals surface area contributed by atoms with Gasteiger partial charge in [0, 0.05) is 18.7 Å². The van der Waals surface area contributed by atoms with Gasteiger partial charge in [0.2, 0.25) is 0 Å². The van der Waals surface area contributed by atoms with Gasteiger partial charge in [0.25, 0.3) is 0 Å². The van der Waals surface area contributed by atoms with E-state index < -0.39 is 0 Å².